The number of alkyl halides is 3. The Kier molecular flexibility index (Phi) is 4.80. The third-order valence-electron chi connectivity index (χ3n) is 4.16. The zero-order chi connectivity index (χ0) is 14.8. The summed E-state index contributed by atoms with van der Waals surface area (Å²) >= 11 is 1.70. The Bertz CT molecular complexity index is 411. The molecule has 0 radical (unpaired) electrons. The van der Waals surface area contributed by atoms with Gasteiger partial charge in [0.25, 0.3) is 0 Å². The van der Waals surface area contributed by atoms with Gasteiger partial charge in [0, 0.05) is 22.9 Å². The van der Waals surface area contributed by atoms with E-state index in [2.05, 4.69) is 25.2 Å². The summed E-state index contributed by atoms with van der Waals surface area (Å²) in [6, 6.07) is 4.10. The summed E-state index contributed by atoms with van der Waals surface area (Å²) in [6.45, 7) is 4.99. The molecule has 0 amide bonds. The summed E-state index contributed by atoms with van der Waals surface area (Å²) in [6.07, 6.45) is -2.00. The summed E-state index contributed by atoms with van der Waals surface area (Å²) in [5.41, 5.74) is -0.0284. The predicted octanol–water partition coefficient (Wildman–Crippen LogP) is 4.74. The van der Waals surface area contributed by atoms with Crippen LogP contribution in [0.1, 0.15) is 44.4 Å². The van der Waals surface area contributed by atoms with Gasteiger partial charge >= 0.3 is 6.18 Å². The molecule has 1 N–H and O–H groups in total. The number of rotatable bonds is 4. The van der Waals surface area contributed by atoms with E-state index in [0.29, 0.717) is 6.42 Å². The van der Waals surface area contributed by atoms with E-state index in [1.165, 1.54) is 4.88 Å². The highest BCUT2D eigenvalue weighted by Crippen LogP contribution is 2.37. The molecule has 1 aromatic heterocycles. The molecule has 5 heteroatoms. The van der Waals surface area contributed by atoms with Crippen molar-refractivity contribution in [1.29, 1.82) is 0 Å². The van der Waals surface area contributed by atoms with Gasteiger partial charge < -0.3 is 5.32 Å². The molecule has 2 unspecified atom stereocenters. The standard InChI is InChI=1S/C15H22F3NS/c1-14(2,13-7-4-8-20-13)10-19-12-6-3-5-11(9-12)15(16,17)18/h4,7-8,11-12,19H,3,5-6,9-10H2,1-2H3. The molecule has 0 bridgehead atoms. The fourth-order valence-corrected chi connectivity index (χ4v) is 3.67. The van der Waals surface area contributed by atoms with E-state index >= 15 is 0 Å². The first kappa shape index (κ1) is 15.8. The number of thiophene rings is 1. The zero-order valence-electron chi connectivity index (χ0n) is 12.0. The van der Waals surface area contributed by atoms with Gasteiger partial charge in [0.05, 0.1) is 5.92 Å². The molecule has 2 rings (SSSR count). The van der Waals surface area contributed by atoms with E-state index in [0.717, 1.165) is 13.0 Å². The molecule has 0 aromatic carbocycles. The highest BCUT2D eigenvalue weighted by atomic mass is 32.1. The van der Waals surface area contributed by atoms with Crippen molar-refractivity contribution in [2.75, 3.05) is 6.54 Å². The molecule has 1 aromatic rings. The maximum atomic E-state index is 12.8. The zero-order valence-corrected chi connectivity index (χ0v) is 12.8. The molecule has 1 aliphatic rings. The van der Waals surface area contributed by atoms with E-state index < -0.39 is 12.1 Å². The second-order valence-corrected chi connectivity index (χ2v) is 7.29. The third-order valence-corrected chi connectivity index (χ3v) is 5.39. The van der Waals surface area contributed by atoms with Crippen LogP contribution < -0.4 is 5.32 Å². The average molecular weight is 305 g/mol. The van der Waals surface area contributed by atoms with Crippen molar-refractivity contribution in [3.63, 3.8) is 0 Å². The lowest BCUT2D eigenvalue weighted by Crippen LogP contribution is -2.43. The van der Waals surface area contributed by atoms with Crippen molar-refractivity contribution in [3.05, 3.63) is 22.4 Å². The van der Waals surface area contributed by atoms with Gasteiger partial charge in [-0.05, 0) is 30.7 Å². The molecule has 20 heavy (non-hydrogen) atoms. The van der Waals surface area contributed by atoms with E-state index in [9.17, 15) is 13.2 Å². The van der Waals surface area contributed by atoms with E-state index in [4.69, 9.17) is 0 Å². The van der Waals surface area contributed by atoms with Crippen LogP contribution in [0.2, 0.25) is 0 Å². The summed E-state index contributed by atoms with van der Waals surface area (Å²) in [5, 5.41) is 5.40. The van der Waals surface area contributed by atoms with Crippen LogP contribution in [0, 0.1) is 5.92 Å². The summed E-state index contributed by atoms with van der Waals surface area (Å²) in [4.78, 5) is 1.27. The Hall–Kier alpha value is -0.550. The molecule has 1 aliphatic carbocycles. The Labute approximate surface area is 122 Å². The molecule has 1 nitrogen and oxygen atoms in total. The first-order valence-electron chi connectivity index (χ1n) is 7.13. The molecular weight excluding hydrogens is 283 g/mol. The lowest BCUT2D eigenvalue weighted by atomic mass is 9.84. The summed E-state index contributed by atoms with van der Waals surface area (Å²) in [7, 11) is 0. The third kappa shape index (κ3) is 3.98. The van der Waals surface area contributed by atoms with E-state index in [-0.39, 0.29) is 24.3 Å². The van der Waals surface area contributed by atoms with Gasteiger partial charge in [0.15, 0.2) is 0 Å². The van der Waals surface area contributed by atoms with Crippen molar-refractivity contribution in [2.45, 2.75) is 57.2 Å². The minimum absolute atomic E-state index is 0.00499. The van der Waals surface area contributed by atoms with Crippen LogP contribution in [-0.4, -0.2) is 18.8 Å². The normalized spacial score (nSPS) is 24.9. The fourth-order valence-electron chi connectivity index (χ4n) is 2.82. The van der Waals surface area contributed by atoms with Crippen molar-refractivity contribution in [2.24, 2.45) is 5.92 Å². The second kappa shape index (κ2) is 6.06. The molecule has 114 valence electrons. The largest absolute Gasteiger partial charge is 0.391 e. The Balaban J connectivity index is 1.88. The summed E-state index contributed by atoms with van der Waals surface area (Å²) < 4.78 is 38.4. The van der Waals surface area contributed by atoms with Gasteiger partial charge in [-0.1, -0.05) is 26.3 Å². The molecule has 0 saturated heterocycles. The smallest absolute Gasteiger partial charge is 0.313 e. The molecule has 2 atom stereocenters. The Morgan fingerprint density at radius 3 is 2.65 bits per heavy atom. The van der Waals surface area contributed by atoms with Crippen molar-refractivity contribution >= 4 is 11.3 Å². The number of hydrogen-bond acceptors (Lipinski definition) is 2. The molecule has 1 saturated carbocycles. The number of hydrogen-bond donors (Lipinski definition) is 1. The molecular formula is C15H22F3NS. The van der Waals surface area contributed by atoms with Crippen molar-refractivity contribution in [1.82, 2.24) is 5.32 Å². The molecule has 1 heterocycles. The van der Waals surface area contributed by atoms with Gasteiger partial charge in [-0.2, -0.15) is 13.2 Å². The van der Waals surface area contributed by atoms with Gasteiger partial charge in [0.2, 0.25) is 0 Å². The van der Waals surface area contributed by atoms with Crippen molar-refractivity contribution < 1.29 is 13.2 Å². The highest BCUT2D eigenvalue weighted by molar-refractivity contribution is 7.10. The summed E-state index contributed by atoms with van der Waals surface area (Å²) in [5.74, 6) is -1.13. The van der Waals surface area contributed by atoms with Crippen LogP contribution in [-0.2, 0) is 5.41 Å². The Morgan fingerprint density at radius 1 is 1.30 bits per heavy atom. The lowest BCUT2D eigenvalue weighted by molar-refractivity contribution is -0.183. The first-order valence-corrected chi connectivity index (χ1v) is 8.01. The Morgan fingerprint density at radius 2 is 2.05 bits per heavy atom. The fraction of sp³-hybridized carbons (Fsp3) is 0.733. The van der Waals surface area contributed by atoms with E-state index in [1.54, 1.807) is 11.3 Å². The number of halogens is 3. The SMILES string of the molecule is CC(C)(CNC1CCCC(C(F)(F)F)C1)c1cccs1. The van der Waals surface area contributed by atoms with Crippen LogP contribution >= 0.6 is 11.3 Å². The topological polar surface area (TPSA) is 12.0 Å². The maximum Gasteiger partial charge on any atom is 0.391 e. The van der Waals surface area contributed by atoms with Crippen LogP contribution in [0.25, 0.3) is 0 Å². The van der Waals surface area contributed by atoms with Gasteiger partial charge in [-0.15, -0.1) is 11.3 Å². The highest BCUT2D eigenvalue weighted by Gasteiger charge is 2.42. The van der Waals surface area contributed by atoms with Crippen LogP contribution in [0.15, 0.2) is 17.5 Å². The maximum absolute atomic E-state index is 12.8. The predicted molar refractivity (Wildman–Crippen MR) is 77.1 cm³/mol. The quantitative estimate of drug-likeness (QED) is 0.847. The van der Waals surface area contributed by atoms with E-state index in [1.807, 2.05) is 11.4 Å². The minimum atomic E-state index is -4.04. The lowest BCUT2D eigenvalue weighted by Gasteiger charge is -2.33. The van der Waals surface area contributed by atoms with Gasteiger partial charge in [0.1, 0.15) is 0 Å². The average Bonchev–Trinajstić information content (AvgIpc) is 2.90. The monoisotopic (exact) mass is 305 g/mol. The van der Waals surface area contributed by atoms with Gasteiger partial charge in [-0.3, -0.25) is 0 Å². The van der Waals surface area contributed by atoms with Gasteiger partial charge in [-0.25, -0.2) is 0 Å². The first-order chi connectivity index (χ1) is 9.29. The van der Waals surface area contributed by atoms with Crippen LogP contribution in [0.5, 0.6) is 0 Å². The second-order valence-electron chi connectivity index (χ2n) is 6.34. The molecule has 0 aliphatic heterocycles. The van der Waals surface area contributed by atoms with Crippen LogP contribution in [0.4, 0.5) is 13.2 Å². The van der Waals surface area contributed by atoms with Crippen LogP contribution in [0.3, 0.4) is 0 Å². The molecule has 1 fully saturated rings. The molecule has 0 spiro atoms. The van der Waals surface area contributed by atoms with Crippen molar-refractivity contribution in [3.8, 4) is 0 Å². The number of nitrogens with one attached hydrogen (secondary N) is 1. The minimum Gasteiger partial charge on any atom is -0.313 e.